The Balaban J connectivity index is 0.00000312. The Morgan fingerprint density at radius 1 is 1.21 bits per heavy atom. The second-order valence-electron chi connectivity index (χ2n) is 7.44. The molecule has 0 aliphatic heterocycles. The molecule has 2 rings (SSSR count). The largest absolute Gasteiger partial charge is 0.491 e. The number of alkyl carbamates (subject to hydrolysis) is 1. The van der Waals surface area contributed by atoms with E-state index >= 15 is 0 Å². The Morgan fingerprint density at radius 2 is 1.83 bits per heavy atom. The van der Waals surface area contributed by atoms with Crippen LogP contribution < -0.4 is 10.1 Å². The van der Waals surface area contributed by atoms with E-state index in [0.29, 0.717) is 17.9 Å². The SMILES string of the molecule is CC(C)(C)OC(=O)NC1(COc2ccc(C=O)cc2)CCCCC1.[HH]. The van der Waals surface area contributed by atoms with Crippen LogP contribution in [0.25, 0.3) is 0 Å². The van der Waals surface area contributed by atoms with Crippen LogP contribution in [0.3, 0.4) is 0 Å². The molecule has 0 unspecified atom stereocenters. The maximum Gasteiger partial charge on any atom is 0.408 e. The maximum atomic E-state index is 12.2. The fourth-order valence-electron chi connectivity index (χ4n) is 2.92. The summed E-state index contributed by atoms with van der Waals surface area (Å²) in [7, 11) is 0. The van der Waals surface area contributed by atoms with Crippen molar-refractivity contribution in [1.29, 1.82) is 0 Å². The lowest BCUT2D eigenvalue weighted by molar-refractivity contribution is 0.0364. The van der Waals surface area contributed by atoms with E-state index in [2.05, 4.69) is 5.32 Å². The second kappa shape index (κ2) is 7.69. The Labute approximate surface area is 145 Å². The monoisotopic (exact) mass is 335 g/mol. The van der Waals surface area contributed by atoms with Gasteiger partial charge in [-0.3, -0.25) is 4.79 Å². The van der Waals surface area contributed by atoms with Crippen molar-refractivity contribution in [2.45, 2.75) is 64.0 Å². The lowest BCUT2D eigenvalue weighted by Crippen LogP contribution is -2.54. The minimum absolute atomic E-state index is 0. The topological polar surface area (TPSA) is 64.6 Å². The Kier molecular flexibility index (Phi) is 5.86. The number of rotatable bonds is 5. The van der Waals surface area contributed by atoms with Gasteiger partial charge in [-0.05, 0) is 57.9 Å². The van der Waals surface area contributed by atoms with Gasteiger partial charge in [0.05, 0.1) is 5.54 Å². The molecule has 0 spiro atoms. The molecule has 1 aliphatic carbocycles. The van der Waals surface area contributed by atoms with Crippen molar-refractivity contribution in [1.82, 2.24) is 5.32 Å². The lowest BCUT2D eigenvalue weighted by atomic mass is 9.82. The third-order valence-electron chi connectivity index (χ3n) is 4.11. The van der Waals surface area contributed by atoms with Crippen molar-refractivity contribution in [3.8, 4) is 5.75 Å². The number of aldehydes is 1. The minimum atomic E-state index is -0.522. The predicted molar refractivity (Wildman–Crippen MR) is 94.6 cm³/mol. The zero-order valence-corrected chi connectivity index (χ0v) is 14.8. The maximum absolute atomic E-state index is 12.2. The Morgan fingerprint density at radius 3 is 2.38 bits per heavy atom. The van der Waals surface area contributed by atoms with Gasteiger partial charge < -0.3 is 14.8 Å². The fourth-order valence-corrected chi connectivity index (χ4v) is 2.92. The number of hydrogen-bond donors (Lipinski definition) is 1. The molecular weight excluding hydrogens is 306 g/mol. The molecule has 5 heteroatoms. The van der Waals surface area contributed by atoms with E-state index in [1.165, 1.54) is 6.42 Å². The van der Waals surface area contributed by atoms with Gasteiger partial charge in [0.25, 0.3) is 0 Å². The first kappa shape index (κ1) is 18.3. The second-order valence-corrected chi connectivity index (χ2v) is 7.44. The lowest BCUT2D eigenvalue weighted by Gasteiger charge is -2.38. The Bertz CT molecular complexity index is 560. The van der Waals surface area contributed by atoms with E-state index < -0.39 is 17.2 Å². The van der Waals surface area contributed by atoms with Gasteiger partial charge in [0.1, 0.15) is 24.2 Å². The molecule has 1 aliphatic rings. The highest BCUT2D eigenvalue weighted by atomic mass is 16.6. The smallest absolute Gasteiger partial charge is 0.408 e. The summed E-state index contributed by atoms with van der Waals surface area (Å²) in [6, 6.07) is 6.98. The molecule has 0 bridgehead atoms. The van der Waals surface area contributed by atoms with E-state index in [1.54, 1.807) is 24.3 Å². The summed E-state index contributed by atoms with van der Waals surface area (Å²) in [5.41, 5.74) is -0.309. The standard InChI is InChI=1S/C19H27NO4.H2/c1-18(2,3)24-17(22)20-19(11-5-4-6-12-19)14-23-16-9-7-15(13-21)8-10-16;/h7-10,13H,4-6,11-12,14H2,1-3H3,(H,20,22);1H. The van der Waals surface area contributed by atoms with E-state index in [-0.39, 0.29) is 1.43 Å². The first-order chi connectivity index (χ1) is 11.3. The van der Waals surface area contributed by atoms with Gasteiger partial charge in [0, 0.05) is 6.99 Å². The van der Waals surface area contributed by atoms with Crippen molar-refractivity contribution < 1.29 is 20.5 Å². The quantitative estimate of drug-likeness (QED) is 0.812. The summed E-state index contributed by atoms with van der Waals surface area (Å²) in [6.07, 6.45) is 5.44. The van der Waals surface area contributed by atoms with Gasteiger partial charge in [-0.25, -0.2) is 4.79 Å². The summed E-state index contributed by atoms with van der Waals surface area (Å²) in [5.74, 6) is 0.691. The van der Waals surface area contributed by atoms with Crippen LogP contribution in [0.2, 0.25) is 0 Å². The van der Waals surface area contributed by atoms with Crippen molar-refractivity contribution in [2.75, 3.05) is 6.61 Å². The molecule has 5 nitrogen and oxygen atoms in total. The number of carbonyl (C=O) groups excluding carboxylic acids is 2. The number of ether oxygens (including phenoxy) is 2. The summed E-state index contributed by atoms with van der Waals surface area (Å²) in [6.45, 7) is 5.95. The van der Waals surface area contributed by atoms with E-state index in [1.807, 2.05) is 20.8 Å². The van der Waals surface area contributed by atoms with Crippen LogP contribution in [-0.2, 0) is 4.74 Å². The number of hydrogen-bond acceptors (Lipinski definition) is 4. The zero-order chi connectivity index (χ0) is 17.6. The minimum Gasteiger partial charge on any atom is -0.491 e. The van der Waals surface area contributed by atoms with Crippen LogP contribution in [0.15, 0.2) is 24.3 Å². The van der Waals surface area contributed by atoms with Crippen LogP contribution >= 0.6 is 0 Å². The van der Waals surface area contributed by atoms with Gasteiger partial charge in [-0.1, -0.05) is 19.3 Å². The highest BCUT2D eigenvalue weighted by molar-refractivity contribution is 5.74. The fraction of sp³-hybridized carbons (Fsp3) is 0.579. The molecular formula is C19H29NO4. The molecule has 0 atom stereocenters. The third kappa shape index (κ3) is 5.55. The molecule has 0 heterocycles. The van der Waals surface area contributed by atoms with Crippen molar-refractivity contribution in [3.05, 3.63) is 29.8 Å². The van der Waals surface area contributed by atoms with E-state index in [0.717, 1.165) is 32.0 Å². The van der Waals surface area contributed by atoms with Crippen LogP contribution in [-0.4, -0.2) is 30.1 Å². The molecule has 1 amide bonds. The number of amides is 1. The van der Waals surface area contributed by atoms with E-state index in [4.69, 9.17) is 9.47 Å². The average molecular weight is 335 g/mol. The van der Waals surface area contributed by atoms with Crippen molar-refractivity contribution in [2.24, 2.45) is 0 Å². The van der Waals surface area contributed by atoms with Crippen LogP contribution in [0.5, 0.6) is 5.75 Å². The van der Waals surface area contributed by atoms with Gasteiger partial charge in [0.15, 0.2) is 0 Å². The highest BCUT2D eigenvalue weighted by Gasteiger charge is 2.36. The number of nitrogens with one attached hydrogen (secondary N) is 1. The molecule has 0 radical (unpaired) electrons. The third-order valence-corrected chi connectivity index (χ3v) is 4.11. The molecule has 1 fully saturated rings. The number of benzene rings is 1. The average Bonchev–Trinajstić information content (AvgIpc) is 2.52. The summed E-state index contributed by atoms with van der Waals surface area (Å²) in [4.78, 5) is 22.9. The summed E-state index contributed by atoms with van der Waals surface area (Å²) < 4.78 is 11.3. The summed E-state index contributed by atoms with van der Waals surface area (Å²) >= 11 is 0. The van der Waals surface area contributed by atoms with Gasteiger partial charge in [-0.2, -0.15) is 0 Å². The number of carbonyl (C=O) groups is 2. The Hall–Kier alpha value is -2.04. The zero-order valence-electron chi connectivity index (χ0n) is 14.8. The molecule has 1 aromatic rings. The van der Waals surface area contributed by atoms with Crippen molar-refractivity contribution in [3.63, 3.8) is 0 Å². The first-order valence-electron chi connectivity index (χ1n) is 8.51. The van der Waals surface area contributed by atoms with E-state index in [9.17, 15) is 9.59 Å². The molecule has 0 aromatic heterocycles. The molecule has 0 saturated heterocycles. The normalized spacial score (nSPS) is 17.0. The predicted octanol–water partition coefficient (Wildman–Crippen LogP) is 4.35. The molecule has 1 saturated carbocycles. The van der Waals surface area contributed by atoms with Crippen LogP contribution in [0.1, 0.15) is 64.7 Å². The first-order valence-corrected chi connectivity index (χ1v) is 8.51. The van der Waals surface area contributed by atoms with Crippen LogP contribution in [0.4, 0.5) is 4.79 Å². The molecule has 1 N–H and O–H groups in total. The van der Waals surface area contributed by atoms with Gasteiger partial charge in [0.2, 0.25) is 0 Å². The van der Waals surface area contributed by atoms with Crippen LogP contribution in [0, 0.1) is 0 Å². The summed E-state index contributed by atoms with van der Waals surface area (Å²) in [5, 5.41) is 3.04. The van der Waals surface area contributed by atoms with Gasteiger partial charge >= 0.3 is 6.09 Å². The molecule has 24 heavy (non-hydrogen) atoms. The molecule has 134 valence electrons. The highest BCUT2D eigenvalue weighted by Crippen LogP contribution is 2.29. The molecule has 1 aromatic carbocycles. The van der Waals surface area contributed by atoms with Gasteiger partial charge in [-0.15, -0.1) is 0 Å². The van der Waals surface area contributed by atoms with Crippen molar-refractivity contribution >= 4 is 12.4 Å².